The summed E-state index contributed by atoms with van der Waals surface area (Å²) in [6.07, 6.45) is 6.42. The minimum absolute atomic E-state index is 0.0620. The summed E-state index contributed by atoms with van der Waals surface area (Å²) in [6, 6.07) is 15.7. The lowest BCUT2D eigenvalue weighted by atomic mass is 9.73. The van der Waals surface area contributed by atoms with Crippen molar-refractivity contribution in [1.29, 1.82) is 0 Å². The maximum absolute atomic E-state index is 11.6. The fourth-order valence-electron chi connectivity index (χ4n) is 8.86. The predicted octanol–water partition coefficient (Wildman–Crippen LogP) is 4.99. The number of hydrogen-bond acceptors (Lipinski definition) is 8. The van der Waals surface area contributed by atoms with Gasteiger partial charge < -0.3 is 19.7 Å². The molecular formula is C40H42N4O4. The first kappa shape index (κ1) is 31.1. The van der Waals surface area contributed by atoms with Crippen LogP contribution in [0.5, 0.6) is 11.5 Å². The molecule has 246 valence electrons. The SMILES string of the molecule is COc1ccc2nccc([C@@H](O)[C@@H]3C[C@@H]4CCN3C[C@@H]4C#CC#C[C@H]3CN4CC[C@H]3C[C@H]4[C@H](O)c3ccnc4ccc(OC)cc34)c2c1. The number of nitrogens with zero attached hydrogens (tertiary/aromatic N) is 4. The molecule has 0 spiro atoms. The first-order chi connectivity index (χ1) is 23.5. The number of aliphatic hydroxyl groups is 2. The molecule has 0 aliphatic carbocycles. The summed E-state index contributed by atoms with van der Waals surface area (Å²) in [7, 11) is 3.32. The van der Waals surface area contributed by atoms with E-state index < -0.39 is 12.2 Å². The molecule has 2 N–H and O–H groups in total. The predicted molar refractivity (Wildman–Crippen MR) is 185 cm³/mol. The number of ether oxygens (including phenoxy) is 2. The van der Waals surface area contributed by atoms with Gasteiger partial charge in [-0.3, -0.25) is 19.8 Å². The van der Waals surface area contributed by atoms with Crippen LogP contribution in [0.1, 0.15) is 49.0 Å². The normalized spacial score (nSPS) is 30.2. The monoisotopic (exact) mass is 642 g/mol. The molecule has 6 aliphatic rings. The topological polar surface area (TPSA) is 91.2 Å². The summed E-state index contributed by atoms with van der Waals surface area (Å²) < 4.78 is 10.9. The quantitative estimate of drug-likeness (QED) is 0.285. The molecule has 0 radical (unpaired) electrons. The van der Waals surface area contributed by atoms with Crippen molar-refractivity contribution in [3.8, 4) is 35.2 Å². The number of pyridine rings is 2. The zero-order valence-electron chi connectivity index (χ0n) is 27.5. The number of aliphatic hydroxyl groups excluding tert-OH is 2. The second-order valence-electron chi connectivity index (χ2n) is 13.9. The summed E-state index contributed by atoms with van der Waals surface area (Å²) in [4.78, 5) is 13.8. The molecule has 4 bridgehead atoms. The average Bonchev–Trinajstić information content (AvgIpc) is 3.15. The molecular weight excluding hydrogens is 600 g/mol. The van der Waals surface area contributed by atoms with E-state index in [-0.39, 0.29) is 23.9 Å². The Hall–Kier alpha value is -4.18. The van der Waals surface area contributed by atoms with Gasteiger partial charge in [0.1, 0.15) is 11.5 Å². The van der Waals surface area contributed by atoms with Crippen molar-refractivity contribution in [2.75, 3.05) is 40.4 Å². The summed E-state index contributed by atoms with van der Waals surface area (Å²) in [5.41, 5.74) is 3.55. The Kier molecular flexibility index (Phi) is 8.44. The molecule has 6 saturated heterocycles. The van der Waals surface area contributed by atoms with Gasteiger partial charge in [-0.2, -0.15) is 0 Å². The largest absolute Gasteiger partial charge is 0.497 e. The van der Waals surface area contributed by atoms with Gasteiger partial charge in [0.05, 0.1) is 37.5 Å². The van der Waals surface area contributed by atoms with Gasteiger partial charge in [-0.15, -0.1) is 0 Å². The number of hydrogen-bond donors (Lipinski definition) is 2. The third-order valence-electron chi connectivity index (χ3n) is 11.5. The van der Waals surface area contributed by atoms with Crippen LogP contribution in [0.15, 0.2) is 60.9 Å². The van der Waals surface area contributed by atoms with Crippen LogP contribution in [-0.4, -0.2) is 82.5 Å². The fraction of sp³-hybridized carbons (Fsp3) is 0.450. The highest BCUT2D eigenvalue weighted by atomic mass is 16.5. The molecule has 8 nitrogen and oxygen atoms in total. The molecule has 2 aromatic carbocycles. The first-order valence-electron chi connectivity index (χ1n) is 17.2. The third kappa shape index (κ3) is 5.67. The van der Waals surface area contributed by atoms with E-state index in [4.69, 9.17) is 9.47 Å². The van der Waals surface area contributed by atoms with Crippen molar-refractivity contribution in [2.24, 2.45) is 23.7 Å². The van der Waals surface area contributed by atoms with Gasteiger partial charge in [-0.1, -0.05) is 11.8 Å². The van der Waals surface area contributed by atoms with Crippen LogP contribution in [-0.2, 0) is 0 Å². The zero-order valence-corrected chi connectivity index (χ0v) is 27.5. The molecule has 8 heteroatoms. The second kappa shape index (κ2) is 13.0. The molecule has 10 rings (SSSR count). The smallest absolute Gasteiger partial charge is 0.119 e. The molecule has 6 fully saturated rings. The third-order valence-corrected chi connectivity index (χ3v) is 11.5. The van der Waals surface area contributed by atoms with E-state index in [0.717, 1.165) is 96.3 Å². The summed E-state index contributed by atoms with van der Waals surface area (Å²) >= 11 is 0. The van der Waals surface area contributed by atoms with Crippen molar-refractivity contribution >= 4 is 21.8 Å². The van der Waals surface area contributed by atoms with Crippen LogP contribution in [0.3, 0.4) is 0 Å². The Bertz CT molecular complexity index is 1820. The van der Waals surface area contributed by atoms with Crippen LogP contribution < -0.4 is 9.47 Å². The maximum Gasteiger partial charge on any atom is 0.119 e. The molecule has 2 unspecified atom stereocenters. The molecule has 6 aliphatic heterocycles. The van der Waals surface area contributed by atoms with E-state index in [9.17, 15) is 10.2 Å². The highest BCUT2D eigenvalue weighted by molar-refractivity contribution is 5.84. The van der Waals surface area contributed by atoms with Gasteiger partial charge in [-0.05, 0) is 122 Å². The lowest BCUT2D eigenvalue weighted by molar-refractivity contribution is -0.0426. The highest BCUT2D eigenvalue weighted by Gasteiger charge is 2.44. The average molecular weight is 643 g/mol. The molecule has 0 amide bonds. The van der Waals surface area contributed by atoms with Crippen molar-refractivity contribution < 1.29 is 19.7 Å². The molecule has 48 heavy (non-hydrogen) atoms. The number of methoxy groups -OCH3 is 2. The van der Waals surface area contributed by atoms with E-state index in [1.165, 1.54) is 0 Å². The van der Waals surface area contributed by atoms with Crippen molar-refractivity contribution in [3.05, 3.63) is 72.1 Å². The summed E-state index contributed by atoms with van der Waals surface area (Å²) in [5, 5.41) is 25.1. The lowest BCUT2D eigenvalue weighted by Gasteiger charge is -2.50. The minimum Gasteiger partial charge on any atom is -0.497 e. The van der Waals surface area contributed by atoms with Crippen molar-refractivity contribution in [3.63, 3.8) is 0 Å². The van der Waals surface area contributed by atoms with Crippen LogP contribution >= 0.6 is 0 Å². The number of fused-ring (bicyclic) bond motifs is 8. The molecule has 10 atom stereocenters. The van der Waals surface area contributed by atoms with Crippen LogP contribution in [0, 0.1) is 47.4 Å². The van der Waals surface area contributed by atoms with Gasteiger partial charge >= 0.3 is 0 Å². The number of piperidine rings is 6. The Balaban J connectivity index is 0.917. The maximum atomic E-state index is 11.6. The molecule has 0 saturated carbocycles. The highest BCUT2D eigenvalue weighted by Crippen LogP contribution is 2.43. The second-order valence-corrected chi connectivity index (χ2v) is 13.9. The Morgan fingerprint density at radius 1 is 0.688 bits per heavy atom. The van der Waals surface area contributed by atoms with Gasteiger partial charge in [0, 0.05) is 60.2 Å². The van der Waals surface area contributed by atoms with E-state index >= 15 is 0 Å². The summed E-state index contributed by atoms with van der Waals surface area (Å²) in [5.74, 6) is 16.5. The van der Waals surface area contributed by atoms with Gasteiger partial charge in [-0.25, -0.2) is 0 Å². The van der Waals surface area contributed by atoms with E-state index in [1.54, 1.807) is 26.6 Å². The van der Waals surface area contributed by atoms with Gasteiger partial charge in [0.25, 0.3) is 0 Å². The van der Waals surface area contributed by atoms with Gasteiger partial charge in [0.15, 0.2) is 0 Å². The van der Waals surface area contributed by atoms with E-state index in [1.807, 2.05) is 48.5 Å². The number of rotatable bonds is 6. The van der Waals surface area contributed by atoms with Crippen LogP contribution in [0.25, 0.3) is 21.8 Å². The number of aromatic nitrogens is 2. The Morgan fingerprint density at radius 2 is 1.15 bits per heavy atom. The van der Waals surface area contributed by atoms with Crippen LogP contribution in [0.4, 0.5) is 0 Å². The number of benzene rings is 2. The standard InChI is InChI=1S/C40H42N4O4/c1-47-29-7-9-35-33(21-29)31(11-15-41-35)39(45)37-19-25-13-17-43(37)23-27(25)5-3-4-6-28-24-44-18-14-26(28)20-38(44)40(46)32-12-16-42-36-10-8-30(48-2)22-34(32)36/h7-12,15-16,21-22,25-28,37-40,45-46H,13-14,17-20,23-24H2,1-2H3/t25-,26-,27-,28-,37-,38-,39+,40+/m0/s1. The minimum atomic E-state index is -0.599. The van der Waals surface area contributed by atoms with Crippen molar-refractivity contribution in [2.45, 2.75) is 50.0 Å². The first-order valence-corrected chi connectivity index (χ1v) is 17.2. The summed E-state index contributed by atoms with van der Waals surface area (Å²) in [6.45, 7) is 3.70. The van der Waals surface area contributed by atoms with Crippen LogP contribution in [0.2, 0.25) is 0 Å². The lowest BCUT2D eigenvalue weighted by Crippen LogP contribution is -2.55. The molecule has 2 aromatic heterocycles. The van der Waals surface area contributed by atoms with E-state index in [2.05, 4.69) is 43.4 Å². The van der Waals surface area contributed by atoms with Gasteiger partial charge in [0.2, 0.25) is 0 Å². The molecule has 4 aromatic rings. The van der Waals surface area contributed by atoms with E-state index in [0.29, 0.717) is 11.8 Å². The Morgan fingerprint density at radius 3 is 1.54 bits per heavy atom. The zero-order chi connectivity index (χ0) is 32.8. The fourth-order valence-corrected chi connectivity index (χ4v) is 8.86. The molecule has 8 heterocycles. The Labute approximate surface area is 282 Å². The van der Waals surface area contributed by atoms with Crippen molar-refractivity contribution in [1.82, 2.24) is 19.8 Å².